The van der Waals surface area contributed by atoms with Gasteiger partial charge in [-0.05, 0) is 0 Å². The van der Waals surface area contributed by atoms with Crippen LogP contribution in [0.25, 0.3) is 0 Å². The number of benzene rings is 1. The summed E-state index contributed by atoms with van der Waals surface area (Å²) < 4.78 is 52.6. The number of carboxylic acid groups (broad SMARTS) is 1. The number of nitrogens with zero attached hydrogens (tertiary/aromatic N) is 3. The maximum absolute atomic E-state index is 14.6. The molecule has 160 valence electrons. The molecule has 0 fully saturated rings. The largest absolute Gasteiger partial charge is 0.755 e. The highest BCUT2D eigenvalue weighted by molar-refractivity contribution is 7.81. The SMILES string of the molecule is O=C(CNC1=NCCN1)Nc1cc(F)c(N(c2scnc2C(=O)O)S(=O)[O-])cc1F. The number of amides is 1. The fourth-order valence-electron chi connectivity index (χ4n) is 2.45. The molecule has 0 saturated carbocycles. The van der Waals surface area contributed by atoms with E-state index in [1.165, 1.54) is 0 Å². The van der Waals surface area contributed by atoms with Gasteiger partial charge in [-0.25, -0.2) is 18.6 Å². The minimum atomic E-state index is -3.18. The van der Waals surface area contributed by atoms with Crippen LogP contribution in [0.3, 0.4) is 0 Å². The van der Waals surface area contributed by atoms with E-state index in [-0.39, 0.29) is 10.8 Å². The fourth-order valence-corrected chi connectivity index (χ4v) is 3.99. The smallest absolute Gasteiger partial charge is 0.357 e. The number of carboxylic acids is 1. The Morgan fingerprint density at radius 3 is 2.77 bits per heavy atom. The quantitative estimate of drug-likeness (QED) is 0.437. The summed E-state index contributed by atoms with van der Waals surface area (Å²) in [7, 11) is 0. The lowest BCUT2D eigenvalue weighted by Crippen LogP contribution is -2.39. The summed E-state index contributed by atoms with van der Waals surface area (Å²) in [6.45, 7) is 0.895. The van der Waals surface area contributed by atoms with E-state index in [4.69, 9.17) is 5.11 Å². The number of hydrogen-bond donors (Lipinski definition) is 4. The molecule has 0 radical (unpaired) electrons. The topological polar surface area (TPSA) is 159 Å². The standard InChI is InChI=1S/C15H14F2N6O5S2/c16-7-4-10(23(30(27)28)13-12(14(25)26)21-6-29-13)8(17)3-9(7)22-11(24)5-20-15-18-1-2-19-15/h3-4,6H,1-2,5H2,(H,22,24)(H,25,26)(H,27,28)(H2,18,19,20)/p-1. The highest BCUT2D eigenvalue weighted by Crippen LogP contribution is 2.36. The molecule has 11 nitrogen and oxygen atoms in total. The lowest BCUT2D eigenvalue weighted by molar-refractivity contribution is -0.115. The Bertz CT molecular complexity index is 1050. The van der Waals surface area contributed by atoms with Crippen LogP contribution in [0.1, 0.15) is 10.5 Å². The van der Waals surface area contributed by atoms with Crippen LogP contribution in [0.2, 0.25) is 0 Å². The summed E-state index contributed by atoms with van der Waals surface area (Å²) in [5, 5.41) is 16.4. The van der Waals surface area contributed by atoms with Crippen LogP contribution >= 0.6 is 11.3 Å². The minimum absolute atomic E-state index is 0.270. The molecule has 1 atom stereocenters. The molecular weight excluding hydrogens is 446 g/mol. The van der Waals surface area contributed by atoms with Crippen LogP contribution < -0.4 is 20.3 Å². The van der Waals surface area contributed by atoms with Crippen molar-refractivity contribution in [3.05, 3.63) is 35.0 Å². The van der Waals surface area contributed by atoms with Crippen molar-refractivity contribution in [3.8, 4) is 0 Å². The number of guanidine groups is 1. The number of carbonyl (C=O) groups is 2. The fraction of sp³-hybridized carbons (Fsp3) is 0.200. The number of thiazole rings is 1. The zero-order valence-electron chi connectivity index (χ0n) is 14.8. The molecule has 1 aliphatic heterocycles. The van der Waals surface area contributed by atoms with Gasteiger partial charge in [-0.3, -0.25) is 18.3 Å². The van der Waals surface area contributed by atoms with Gasteiger partial charge in [0, 0.05) is 18.7 Å². The summed E-state index contributed by atoms with van der Waals surface area (Å²) in [5.41, 5.74) is -0.884. The third-order valence-corrected chi connectivity index (χ3v) is 5.31. The number of nitrogens with one attached hydrogen (secondary N) is 3. The second-order valence-corrected chi connectivity index (χ2v) is 7.30. The lowest BCUT2D eigenvalue weighted by atomic mass is 10.2. The van der Waals surface area contributed by atoms with Gasteiger partial charge in [0.2, 0.25) is 5.91 Å². The van der Waals surface area contributed by atoms with Crippen LogP contribution in [0, 0.1) is 11.6 Å². The number of anilines is 3. The molecule has 1 aromatic heterocycles. The molecule has 15 heteroatoms. The van der Waals surface area contributed by atoms with Crippen molar-refractivity contribution in [1.82, 2.24) is 15.6 Å². The Labute approximate surface area is 174 Å². The van der Waals surface area contributed by atoms with Crippen LogP contribution in [0.4, 0.5) is 25.2 Å². The van der Waals surface area contributed by atoms with Crippen molar-refractivity contribution >= 4 is 56.8 Å². The monoisotopic (exact) mass is 459 g/mol. The first-order valence-corrected chi connectivity index (χ1v) is 10.1. The lowest BCUT2D eigenvalue weighted by Gasteiger charge is -2.25. The maximum Gasteiger partial charge on any atom is 0.357 e. The van der Waals surface area contributed by atoms with E-state index >= 15 is 0 Å². The number of aromatic carboxylic acids is 1. The Balaban J connectivity index is 1.83. The summed E-state index contributed by atoms with van der Waals surface area (Å²) >= 11 is -2.57. The van der Waals surface area contributed by atoms with Gasteiger partial charge in [0.15, 0.2) is 11.7 Å². The summed E-state index contributed by atoms with van der Waals surface area (Å²) in [6, 6.07) is 1.12. The van der Waals surface area contributed by atoms with E-state index in [0.29, 0.717) is 42.5 Å². The van der Waals surface area contributed by atoms with E-state index < -0.39 is 56.8 Å². The molecule has 0 aliphatic carbocycles. The van der Waals surface area contributed by atoms with Crippen molar-refractivity contribution < 1.29 is 32.2 Å². The molecular formula is C15H13F2N6O5S2-. The summed E-state index contributed by atoms with van der Waals surface area (Å²) in [5.74, 6) is -4.18. The molecule has 1 unspecified atom stereocenters. The molecule has 1 amide bonds. The molecule has 2 heterocycles. The van der Waals surface area contributed by atoms with Crippen LogP contribution in [-0.2, 0) is 16.1 Å². The maximum atomic E-state index is 14.6. The molecule has 0 saturated heterocycles. The predicted molar refractivity (Wildman–Crippen MR) is 103 cm³/mol. The Hall–Kier alpha value is -3.17. The predicted octanol–water partition coefficient (Wildman–Crippen LogP) is 0.539. The van der Waals surface area contributed by atoms with Gasteiger partial charge in [0.05, 0.1) is 41.2 Å². The van der Waals surface area contributed by atoms with Crippen molar-refractivity contribution in [1.29, 1.82) is 0 Å². The Morgan fingerprint density at radius 2 is 2.13 bits per heavy atom. The molecule has 1 aliphatic rings. The van der Waals surface area contributed by atoms with Crippen LogP contribution in [-0.4, -0.2) is 56.3 Å². The van der Waals surface area contributed by atoms with Crippen molar-refractivity contribution in [2.75, 3.05) is 29.3 Å². The first-order chi connectivity index (χ1) is 14.3. The first kappa shape index (κ1) is 21.5. The van der Waals surface area contributed by atoms with Gasteiger partial charge in [0.25, 0.3) is 0 Å². The van der Waals surface area contributed by atoms with Crippen LogP contribution in [0.15, 0.2) is 22.6 Å². The summed E-state index contributed by atoms with van der Waals surface area (Å²) in [4.78, 5) is 30.7. The van der Waals surface area contributed by atoms with Crippen molar-refractivity contribution in [3.63, 3.8) is 0 Å². The first-order valence-electron chi connectivity index (χ1n) is 8.15. The van der Waals surface area contributed by atoms with E-state index in [0.717, 1.165) is 5.51 Å². The van der Waals surface area contributed by atoms with E-state index in [1.807, 2.05) is 0 Å². The van der Waals surface area contributed by atoms with Crippen LogP contribution in [0.5, 0.6) is 0 Å². The van der Waals surface area contributed by atoms with E-state index in [2.05, 4.69) is 25.9 Å². The molecule has 1 aromatic carbocycles. The molecule has 30 heavy (non-hydrogen) atoms. The van der Waals surface area contributed by atoms with Gasteiger partial charge in [-0.1, -0.05) is 0 Å². The van der Waals surface area contributed by atoms with Crippen molar-refractivity contribution in [2.24, 2.45) is 4.99 Å². The van der Waals surface area contributed by atoms with Gasteiger partial charge < -0.3 is 25.6 Å². The Morgan fingerprint density at radius 1 is 1.37 bits per heavy atom. The van der Waals surface area contributed by atoms with Gasteiger partial charge in [-0.15, -0.1) is 11.3 Å². The number of rotatable bonds is 7. The third kappa shape index (κ3) is 4.69. The second kappa shape index (κ2) is 9.10. The zero-order valence-corrected chi connectivity index (χ0v) is 16.5. The highest BCUT2D eigenvalue weighted by atomic mass is 32.2. The summed E-state index contributed by atoms with van der Waals surface area (Å²) in [6.07, 6.45) is 0. The second-order valence-electron chi connectivity index (χ2n) is 5.67. The number of carbonyl (C=O) groups excluding carboxylic acids is 1. The zero-order chi connectivity index (χ0) is 21.8. The number of aliphatic imine (C=N–C) groups is 1. The molecule has 3 rings (SSSR count). The number of halogens is 2. The normalized spacial score (nSPS) is 13.9. The van der Waals surface area contributed by atoms with E-state index in [1.54, 1.807) is 0 Å². The van der Waals surface area contributed by atoms with Gasteiger partial charge >= 0.3 is 5.97 Å². The molecule has 0 spiro atoms. The third-order valence-electron chi connectivity index (χ3n) is 3.70. The highest BCUT2D eigenvalue weighted by Gasteiger charge is 2.25. The Kier molecular flexibility index (Phi) is 6.53. The average molecular weight is 459 g/mol. The average Bonchev–Trinajstić information content (AvgIpc) is 3.36. The molecule has 0 bridgehead atoms. The molecule has 2 aromatic rings. The van der Waals surface area contributed by atoms with Gasteiger partial charge in [0.1, 0.15) is 16.6 Å². The van der Waals surface area contributed by atoms with Gasteiger partial charge in [-0.2, -0.15) is 0 Å². The van der Waals surface area contributed by atoms with Crippen molar-refractivity contribution in [2.45, 2.75) is 0 Å². The minimum Gasteiger partial charge on any atom is -0.755 e. The number of aromatic nitrogens is 1. The number of hydrogen-bond acceptors (Lipinski definition) is 9. The van der Waals surface area contributed by atoms with E-state index in [9.17, 15) is 27.1 Å². The molecule has 4 N–H and O–H groups in total.